The number of para-hydroxylation sites is 1. The van der Waals surface area contributed by atoms with Crippen molar-refractivity contribution < 1.29 is 9.59 Å². The lowest BCUT2D eigenvalue weighted by molar-refractivity contribution is -0.114. The van der Waals surface area contributed by atoms with E-state index in [4.69, 9.17) is 11.6 Å². The first-order chi connectivity index (χ1) is 9.70. The van der Waals surface area contributed by atoms with Crippen LogP contribution in [0.2, 0.25) is 5.02 Å². The Morgan fingerprint density at radius 3 is 2.57 bits per heavy atom. The van der Waals surface area contributed by atoms with Crippen molar-refractivity contribution in [3.8, 4) is 0 Å². The minimum Gasteiger partial charge on any atom is -0.312 e. The van der Waals surface area contributed by atoms with E-state index in [-0.39, 0.29) is 11.5 Å². The summed E-state index contributed by atoms with van der Waals surface area (Å²) in [6.45, 7) is 9.57. The van der Waals surface area contributed by atoms with Crippen LogP contribution in [0.1, 0.15) is 38.1 Å². The number of benzene rings is 1. The zero-order chi connectivity index (χ0) is 15.8. The first-order valence-corrected chi connectivity index (χ1v) is 7.48. The van der Waals surface area contributed by atoms with Gasteiger partial charge in [-0.2, -0.15) is 0 Å². The molecule has 1 amide bonds. The molecule has 1 heterocycles. The van der Waals surface area contributed by atoms with Crippen LogP contribution < -0.4 is 10.2 Å². The summed E-state index contributed by atoms with van der Waals surface area (Å²) in [4.78, 5) is 25.6. The van der Waals surface area contributed by atoms with E-state index in [0.717, 1.165) is 6.54 Å². The molecular formula is C16H21ClN2O2. The molecule has 5 heteroatoms. The van der Waals surface area contributed by atoms with E-state index in [0.29, 0.717) is 22.8 Å². The summed E-state index contributed by atoms with van der Waals surface area (Å²) in [6.07, 6.45) is 0. The van der Waals surface area contributed by atoms with Crippen molar-refractivity contribution >= 4 is 29.0 Å². The zero-order valence-corrected chi connectivity index (χ0v) is 13.6. The summed E-state index contributed by atoms with van der Waals surface area (Å²) < 4.78 is 0. The van der Waals surface area contributed by atoms with Crippen LogP contribution >= 0.6 is 11.6 Å². The van der Waals surface area contributed by atoms with Crippen LogP contribution in [0.15, 0.2) is 18.2 Å². The fraction of sp³-hybridized carbons (Fsp3) is 0.500. The van der Waals surface area contributed by atoms with Gasteiger partial charge >= 0.3 is 0 Å². The molecule has 2 rings (SSSR count). The SMILES string of the molecule is CC(CNC(C)(C)C)CN1C(=O)C(=O)c2cccc(Cl)c21. The number of anilines is 1. The van der Waals surface area contributed by atoms with Crippen molar-refractivity contribution in [3.05, 3.63) is 28.8 Å². The molecule has 0 bridgehead atoms. The molecule has 1 unspecified atom stereocenters. The van der Waals surface area contributed by atoms with Crippen LogP contribution in [-0.2, 0) is 4.79 Å². The molecule has 21 heavy (non-hydrogen) atoms. The molecular weight excluding hydrogens is 288 g/mol. The third-order valence-electron chi connectivity index (χ3n) is 3.42. The molecule has 1 atom stereocenters. The Balaban J connectivity index is 2.15. The fourth-order valence-electron chi connectivity index (χ4n) is 2.34. The number of hydrogen-bond acceptors (Lipinski definition) is 3. The maximum absolute atomic E-state index is 12.1. The van der Waals surface area contributed by atoms with Crippen molar-refractivity contribution in [3.63, 3.8) is 0 Å². The van der Waals surface area contributed by atoms with Gasteiger partial charge in [0.1, 0.15) is 0 Å². The topological polar surface area (TPSA) is 49.4 Å². The average molecular weight is 309 g/mol. The second kappa shape index (κ2) is 5.78. The molecule has 114 valence electrons. The molecule has 0 aromatic heterocycles. The van der Waals surface area contributed by atoms with Crippen LogP contribution in [-0.4, -0.2) is 30.3 Å². The average Bonchev–Trinajstić information content (AvgIpc) is 2.62. The molecule has 4 nitrogen and oxygen atoms in total. The van der Waals surface area contributed by atoms with Crippen molar-refractivity contribution in [2.75, 3.05) is 18.0 Å². The van der Waals surface area contributed by atoms with E-state index in [9.17, 15) is 9.59 Å². The molecule has 0 spiro atoms. The van der Waals surface area contributed by atoms with E-state index in [1.54, 1.807) is 18.2 Å². The molecule has 1 N–H and O–H groups in total. The van der Waals surface area contributed by atoms with Crippen LogP contribution in [0.3, 0.4) is 0 Å². The predicted octanol–water partition coefficient (Wildman–Crippen LogP) is 2.89. The number of nitrogens with one attached hydrogen (secondary N) is 1. The number of fused-ring (bicyclic) bond motifs is 1. The van der Waals surface area contributed by atoms with Crippen LogP contribution in [0.5, 0.6) is 0 Å². The van der Waals surface area contributed by atoms with Gasteiger partial charge in [-0.3, -0.25) is 9.59 Å². The van der Waals surface area contributed by atoms with Crippen LogP contribution in [0.25, 0.3) is 0 Å². The smallest absolute Gasteiger partial charge is 0.299 e. The third kappa shape index (κ3) is 3.44. The molecule has 0 saturated carbocycles. The number of Topliss-reactive ketones (excluding diaryl/α,β-unsaturated/α-hetero) is 1. The predicted molar refractivity (Wildman–Crippen MR) is 85.1 cm³/mol. The summed E-state index contributed by atoms with van der Waals surface area (Å²) >= 11 is 6.17. The van der Waals surface area contributed by atoms with E-state index in [1.165, 1.54) is 4.90 Å². The van der Waals surface area contributed by atoms with Crippen molar-refractivity contribution in [2.45, 2.75) is 33.2 Å². The highest BCUT2D eigenvalue weighted by Crippen LogP contribution is 2.36. The Bertz CT molecular complexity index is 578. The normalized spacial score (nSPS) is 16.3. The highest BCUT2D eigenvalue weighted by molar-refractivity contribution is 6.54. The zero-order valence-electron chi connectivity index (χ0n) is 12.9. The Morgan fingerprint density at radius 1 is 1.29 bits per heavy atom. The monoisotopic (exact) mass is 308 g/mol. The highest BCUT2D eigenvalue weighted by Gasteiger charge is 2.37. The fourth-order valence-corrected chi connectivity index (χ4v) is 2.62. The van der Waals surface area contributed by atoms with Gasteiger partial charge in [-0.05, 0) is 45.4 Å². The number of nitrogens with zero attached hydrogens (tertiary/aromatic N) is 1. The standard InChI is InChI=1S/C16H21ClN2O2/c1-10(8-18-16(2,3)4)9-19-13-11(14(20)15(19)21)6-5-7-12(13)17/h5-7,10,18H,8-9H2,1-4H3. The quantitative estimate of drug-likeness (QED) is 0.870. The summed E-state index contributed by atoms with van der Waals surface area (Å²) in [5, 5.41) is 3.85. The number of halogens is 1. The minimum absolute atomic E-state index is 0.0225. The van der Waals surface area contributed by atoms with Crippen molar-refractivity contribution in [1.82, 2.24) is 5.32 Å². The number of ketones is 1. The second-order valence-corrected chi connectivity index (χ2v) is 7.02. The number of rotatable bonds is 4. The van der Waals surface area contributed by atoms with Gasteiger partial charge in [0.05, 0.1) is 16.3 Å². The lowest BCUT2D eigenvalue weighted by atomic mass is 10.1. The Morgan fingerprint density at radius 2 is 1.95 bits per heavy atom. The molecule has 0 saturated heterocycles. The first-order valence-electron chi connectivity index (χ1n) is 7.10. The number of amides is 1. The van der Waals surface area contributed by atoms with Gasteiger partial charge in [-0.1, -0.05) is 24.6 Å². The number of carbonyl (C=O) groups is 2. The molecule has 1 aliphatic heterocycles. The van der Waals surface area contributed by atoms with Gasteiger partial charge < -0.3 is 10.2 Å². The van der Waals surface area contributed by atoms with E-state index in [2.05, 4.69) is 26.1 Å². The lowest BCUT2D eigenvalue weighted by Gasteiger charge is -2.26. The molecule has 0 aliphatic carbocycles. The molecule has 1 aromatic carbocycles. The highest BCUT2D eigenvalue weighted by atomic mass is 35.5. The maximum Gasteiger partial charge on any atom is 0.299 e. The van der Waals surface area contributed by atoms with Gasteiger partial charge in [0.25, 0.3) is 11.7 Å². The van der Waals surface area contributed by atoms with Crippen molar-refractivity contribution in [1.29, 1.82) is 0 Å². The molecule has 0 fully saturated rings. The largest absolute Gasteiger partial charge is 0.312 e. The lowest BCUT2D eigenvalue weighted by Crippen LogP contribution is -2.42. The van der Waals surface area contributed by atoms with E-state index < -0.39 is 11.7 Å². The van der Waals surface area contributed by atoms with E-state index >= 15 is 0 Å². The summed E-state index contributed by atoms with van der Waals surface area (Å²) in [6, 6.07) is 5.05. The maximum atomic E-state index is 12.1. The summed E-state index contributed by atoms with van der Waals surface area (Å²) in [7, 11) is 0. The molecule has 1 aliphatic rings. The van der Waals surface area contributed by atoms with Gasteiger partial charge in [0, 0.05) is 12.1 Å². The minimum atomic E-state index is -0.485. The summed E-state index contributed by atoms with van der Waals surface area (Å²) in [5.74, 6) is -0.743. The molecule has 0 radical (unpaired) electrons. The molecule has 1 aromatic rings. The van der Waals surface area contributed by atoms with Crippen molar-refractivity contribution in [2.24, 2.45) is 5.92 Å². The van der Waals surface area contributed by atoms with Gasteiger partial charge in [0.15, 0.2) is 0 Å². The second-order valence-electron chi connectivity index (χ2n) is 6.62. The van der Waals surface area contributed by atoms with E-state index in [1.807, 2.05) is 6.92 Å². The van der Waals surface area contributed by atoms with Crippen LogP contribution in [0, 0.1) is 5.92 Å². The van der Waals surface area contributed by atoms with Gasteiger partial charge in [0.2, 0.25) is 0 Å². The Labute approximate surface area is 130 Å². The summed E-state index contributed by atoms with van der Waals surface area (Å²) in [5.41, 5.74) is 0.981. The number of carbonyl (C=O) groups excluding carboxylic acids is 2. The van der Waals surface area contributed by atoms with Crippen LogP contribution in [0.4, 0.5) is 5.69 Å². The Hall–Kier alpha value is -1.39. The number of hydrogen-bond donors (Lipinski definition) is 1. The first kappa shape index (κ1) is 16.0. The van der Waals surface area contributed by atoms with Gasteiger partial charge in [-0.25, -0.2) is 0 Å². The Kier molecular flexibility index (Phi) is 4.40. The van der Waals surface area contributed by atoms with Gasteiger partial charge in [-0.15, -0.1) is 0 Å². The third-order valence-corrected chi connectivity index (χ3v) is 3.72.